The van der Waals surface area contributed by atoms with Crippen molar-refractivity contribution in [3.8, 4) is 0 Å². The van der Waals surface area contributed by atoms with Crippen LogP contribution in [0, 0.1) is 17.8 Å². The molecule has 0 heterocycles. The molecule has 0 aliphatic heterocycles. The molecule has 1 aromatic carbocycles. The SMILES string of the molecule is CC(C)C1CCC(C(C)(O)CNCc2ccc3c(c2)CCCC3)CC1.O=C(O)C(F)(F)F. The van der Waals surface area contributed by atoms with Gasteiger partial charge in [0.1, 0.15) is 0 Å². The molecule has 4 nitrogen and oxygen atoms in total. The summed E-state index contributed by atoms with van der Waals surface area (Å²) in [6, 6.07) is 6.96. The van der Waals surface area contributed by atoms with Crippen molar-refractivity contribution in [1.82, 2.24) is 5.32 Å². The van der Waals surface area contributed by atoms with Gasteiger partial charge in [-0.05, 0) is 92.7 Å². The van der Waals surface area contributed by atoms with Gasteiger partial charge < -0.3 is 15.5 Å². The maximum atomic E-state index is 11.0. The van der Waals surface area contributed by atoms with Crippen LogP contribution in [0.15, 0.2) is 18.2 Å². The maximum Gasteiger partial charge on any atom is 0.490 e. The summed E-state index contributed by atoms with van der Waals surface area (Å²) in [7, 11) is 0. The van der Waals surface area contributed by atoms with E-state index in [1.807, 2.05) is 6.92 Å². The second-order valence-electron chi connectivity index (χ2n) is 9.93. The third-order valence-electron chi connectivity index (χ3n) is 7.06. The van der Waals surface area contributed by atoms with Crippen molar-refractivity contribution in [2.24, 2.45) is 17.8 Å². The normalized spacial score (nSPS) is 23.0. The number of fused-ring (bicyclic) bond motifs is 1. The van der Waals surface area contributed by atoms with Gasteiger partial charge in [0.2, 0.25) is 0 Å². The third kappa shape index (κ3) is 8.07. The van der Waals surface area contributed by atoms with Crippen molar-refractivity contribution in [3.63, 3.8) is 0 Å². The number of benzene rings is 1. The zero-order valence-corrected chi connectivity index (χ0v) is 19.5. The predicted octanol–water partition coefficient (Wildman–Crippen LogP) is 5.50. The number of hydrogen-bond donors (Lipinski definition) is 3. The lowest BCUT2D eigenvalue weighted by molar-refractivity contribution is -0.192. The Morgan fingerprint density at radius 3 is 2.19 bits per heavy atom. The molecule has 0 amide bonds. The molecule has 0 spiro atoms. The molecule has 0 aromatic heterocycles. The van der Waals surface area contributed by atoms with Gasteiger partial charge in [0, 0.05) is 13.1 Å². The van der Waals surface area contributed by atoms with Gasteiger partial charge in [-0.3, -0.25) is 0 Å². The Kier molecular flexibility index (Phi) is 9.58. The molecule has 7 heteroatoms. The molecule has 2 aliphatic rings. The second kappa shape index (κ2) is 11.5. The van der Waals surface area contributed by atoms with Gasteiger partial charge in [-0.25, -0.2) is 4.79 Å². The molecule has 0 radical (unpaired) electrons. The van der Waals surface area contributed by atoms with Crippen LogP contribution < -0.4 is 5.32 Å². The molecule has 2 aliphatic carbocycles. The highest BCUT2D eigenvalue weighted by Gasteiger charge is 2.38. The summed E-state index contributed by atoms with van der Waals surface area (Å²) in [5.41, 5.74) is 3.86. The van der Waals surface area contributed by atoms with E-state index in [2.05, 4.69) is 37.4 Å². The summed E-state index contributed by atoms with van der Waals surface area (Å²) in [5, 5.41) is 21.6. The fourth-order valence-electron chi connectivity index (χ4n) is 4.91. The minimum Gasteiger partial charge on any atom is -0.475 e. The van der Waals surface area contributed by atoms with Crippen molar-refractivity contribution in [2.45, 2.75) is 90.5 Å². The molecule has 1 aromatic rings. The molecule has 0 bridgehead atoms. The minimum absolute atomic E-state index is 0.443. The summed E-state index contributed by atoms with van der Waals surface area (Å²) in [6.45, 7) is 8.27. The number of nitrogens with one attached hydrogen (secondary N) is 1. The van der Waals surface area contributed by atoms with Crippen LogP contribution in [0.3, 0.4) is 0 Å². The van der Waals surface area contributed by atoms with Crippen molar-refractivity contribution in [1.29, 1.82) is 0 Å². The van der Waals surface area contributed by atoms with Crippen molar-refractivity contribution < 1.29 is 28.2 Å². The lowest BCUT2D eigenvalue weighted by Crippen LogP contribution is -2.45. The predicted molar refractivity (Wildman–Crippen MR) is 119 cm³/mol. The van der Waals surface area contributed by atoms with Gasteiger partial charge in [-0.1, -0.05) is 32.0 Å². The molecule has 3 N–H and O–H groups in total. The third-order valence-corrected chi connectivity index (χ3v) is 7.06. The number of rotatable bonds is 6. The Morgan fingerprint density at radius 2 is 1.66 bits per heavy atom. The first-order valence-electron chi connectivity index (χ1n) is 11.7. The van der Waals surface area contributed by atoms with Crippen LogP contribution in [0.5, 0.6) is 0 Å². The summed E-state index contributed by atoms with van der Waals surface area (Å²) in [6.07, 6.45) is 4.99. The van der Waals surface area contributed by atoms with E-state index in [0.29, 0.717) is 12.5 Å². The highest BCUT2D eigenvalue weighted by Crippen LogP contribution is 2.38. The molecule has 1 fully saturated rings. The number of aliphatic carboxylic acids is 1. The number of alkyl halides is 3. The molecular weight excluding hydrogens is 419 g/mol. The molecule has 1 saturated carbocycles. The Labute approximate surface area is 189 Å². The van der Waals surface area contributed by atoms with Crippen LogP contribution in [0.2, 0.25) is 0 Å². The van der Waals surface area contributed by atoms with Gasteiger partial charge in [-0.15, -0.1) is 0 Å². The van der Waals surface area contributed by atoms with Crippen molar-refractivity contribution in [2.75, 3.05) is 6.54 Å². The van der Waals surface area contributed by atoms with Gasteiger partial charge in [0.25, 0.3) is 0 Å². The molecule has 32 heavy (non-hydrogen) atoms. The maximum absolute atomic E-state index is 11.0. The van der Waals surface area contributed by atoms with E-state index in [4.69, 9.17) is 9.90 Å². The van der Waals surface area contributed by atoms with Crippen LogP contribution in [0.4, 0.5) is 13.2 Å². The zero-order chi connectivity index (χ0) is 23.9. The first-order valence-corrected chi connectivity index (χ1v) is 11.7. The first kappa shape index (κ1) is 26.7. The number of aryl methyl sites for hydroxylation is 2. The van der Waals surface area contributed by atoms with Crippen LogP contribution in [0.25, 0.3) is 0 Å². The Balaban J connectivity index is 0.000000451. The number of carboxylic acid groups (broad SMARTS) is 1. The topological polar surface area (TPSA) is 69.6 Å². The first-order chi connectivity index (χ1) is 14.9. The standard InChI is InChI=1S/C23H37NO.C2HF3O2/c1-17(2)19-10-12-22(13-11-19)23(3,25)16-24-15-18-8-9-20-6-4-5-7-21(20)14-18;3-2(4,5)1(6)7/h8-9,14,17,19,22,24-25H,4-7,10-13,15-16H2,1-3H3;(H,6,7). The fraction of sp³-hybridized carbons (Fsp3) is 0.720. The van der Waals surface area contributed by atoms with E-state index >= 15 is 0 Å². The van der Waals surface area contributed by atoms with E-state index in [1.165, 1.54) is 56.9 Å². The number of carboxylic acids is 1. The van der Waals surface area contributed by atoms with Crippen LogP contribution in [-0.2, 0) is 24.2 Å². The number of halogens is 3. The Morgan fingerprint density at radius 1 is 1.09 bits per heavy atom. The van der Waals surface area contributed by atoms with Crippen LogP contribution in [-0.4, -0.2) is 34.5 Å². The average Bonchev–Trinajstić information content (AvgIpc) is 2.73. The molecule has 3 rings (SSSR count). The van der Waals surface area contributed by atoms with Crippen LogP contribution in [0.1, 0.15) is 76.0 Å². The summed E-state index contributed by atoms with van der Waals surface area (Å²) in [4.78, 5) is 8.90. The van der Waals surface area contributed by atoms with E-state index in [1.54, 1.807) is 11.1 Å². The van der Waals surface area contributed by atoms with Crippen LogP contribution >= 0.6 is 0 Å². The van der Waals surface area contributed by atoms with Gasteiger partial charge in [0.15, 0.2) is 0 Å². The summed E-state index contributed by atoms with van der Waals surface area (Å²) >= 11 is 0. The average molecular weight is 458 g/mol. The highest BCUT2D eigenvalue weighted by molar-refractivity contribution is 5.73. The largest absolute Gasteiger partial charge is 0.490 e. The molecule has 1 atom stereocenters. The lowest BCUT2D eigenvalue weighted by atomic mass is 9.71. The quantitative estimate of drug-likeness (QED) is 0.527. The Bertz CT molecular complexity index is 738. The molecule has 182 valence electrons. The molecule has 1 unspecified atom stereocenters. The Hall–Kier alpha value is -1.60. The highest BCUT2D eigenvalue weighted by atomic mass is 19.4. The summed E-state index contributed by atoms with van der Waals surface area (Å²) in [5.74, 6) is -0.672. The van der Waals surface area contributed by atoms with Crippen molar-refractivity contribution >= 4 is 5.97 Å². The zero-order valence-electron chi connectivity index (χ0n) is 19.5. The minimum atomic E-state index is -5.08. The number of carbonyl (C=O) groups is 1. The van der Waals surface area contributed by atoms with Gasteiger partial charge in [-0.2, -0.15) is 13.2 Å². The molecule has 0 saturated heterocycles. The fourth-order valence-corrected chi connectivity index (χ4v) is 4.91. The number of aliphatic hydroxyl groups is 1. The summed E-state index contributed by atoms with van der Waals surface area (Å²) < 4.78 is 31.7. The van der Waals surface area contributed by atoms with Gasteiger partial charge >= 0.3 is 12.1 Å². The van der Waals surface area contributed by atoms with E-state index in [9.17, 15) is 18.3 Å². The van der Waals surface area contributed by atoms with E-state index < -0.39 is 17.7 Å². The van der Waals surface area contributed by atoms with E-state index in [0.717, 1.165) is 18.4 Å². The van der Waals surface area contributed by atoms with Gasteiger partial charge in [0.05, 0.1) is 5.60 Å². The number of hydrogen-bond acceptors (Lipinski definition) is 3. The van der Waals surface area contributed by atoms with E-state index in [-0.39, 0.29) is 0 Å². The second-order valence-corrected chi connectivity index (χ2v) is 9.93. The lowest BCUT2D eigenvalue weighted by Gasteiger charge is -2.39. The molecular formula is C25H38F3NO3. The van der Waals surface area contributed by atoms with Crippen molar-refractivity contribution in [3.05, 3.63) is 34.9 Å². The smallest absolute Gasteiger partial charge is 0.475 e. The monoisotopic (exact) mass is 457 g/mol.